The Labute approximate surface area is 258 Å². The summed E-state index contributed by atoms with van der Waals surface area (Å²) in [7, 11) is -4.10. The standard InChI is InChI=1S/C35H65O6P/c1-24(2)10-9-11-25(3)29-14-15-30-28-13-12-26-22-27(36)16-17-34(26,7)31(28)23-32(35(29,30)8)39-20-21-41-42(37,38)40-19-18-33(4,5)6/h24-32,36H,9-23H2,1-8H3,(H,37,38)/t25-,26-,27-,28+,29-,30+,31+,32+,34+,35-/m1/s1. The molecule has 4 aliphatic carbocycles. The fourth-order valence-electron chi connectivity index (χ4n) is 10.3. The molecule has 11 atom stereocenters. The molecule has 0 aromatic heterocycles. The highest BCUT2D eigenvalue weighted by Gasteiger charge is 2.64. The van der Waals surface area contributed by atoms with Gasteiger partial charge in [-0.05, 0) is 115 Å². The van der Waals surface area contributed by atoms with Crippen molar-refractivity contribution in [1.29, 1.82) is 0 Å². The van der Waals surface area contributed by atoms with Gasteiger partial charge in [-0.3, -0.25) is 9.05 Å². The van der Waals surface area contributed by atoms with Crippen LogP contribution in [0, 0.1) is 57.7 Å². The molecule has 0 amide bonds. The molecule has 7 heteroatoms. The van der Waals surface area contributed by atoms with Gasteiger partial charge < -0.3 is 14.7 Å². The maximum atomic E-state index is 12.5. The van der Waals surface area contributed by atoms with Crippen LogP contribution in [0.25, 0.3) is 0 Å². The van der Waals surface area contributed by atoms with Gasteiger partial charge in [0.15, 0.2) is 0 Å². The highest BCUT2D eigenvalue weighted by Crippen LogP contribution is 2.69. The van der Waals surface area contributed by atoms with Gasteiger partial charge in [0.05, 0.1) is 32.0 Å². The average Bonchev–Trinajstić information content (AvgIpc) is 3.24. The van der Waals surface area contributed by atoms with Crippen molar-refractivity contribution in [3.63, 3.8) is 0 Å². The van der Waals surface area contributed by atoms with E-state index in [1.807, 2.05) is 0 Å². The minimum absolute atomic E-state index is 0.0306. The van der Waals surface area contributed by atoms with E-state index >= 15 is 0 Å². The maximum Gasteiger partial charge on any atom is 0.472 e. The van der Waals surface area contributed by atoms with E-state index in [2.05, 4.69) is 55.4 Å². The lowest BCUT2D eigenvalue weighted by Crippen LogP contribution is -2.59. The fraction of sp³-hybridized carbons (Fsp3) is 1.00. The highest BCUT2D eigenvalue weighted by molar-refractivity contribution is 7.47. The van der Waals surface area contributed by atoms with Crippen LogP contribution < -0.4 is 0 Å². The molecule has 0 spiro atoms. The normalized spacial score (nSPS) is 40.7. The number of hydrogen-bond acceptors (Lipinski definition) is 5. The number of phosphoric acid groups is 1. The lowest BCUT2D eigenvalue weighted by molar-refractivity contribution is -0.192. The molecular formula is C35H65O6P. The summed E-state index contributed by atoms with van der Waals surface area (Å²) in [4.78, 5) is 10.3. The molecule has 4 rings (SSSR count). The molecule has 4 fully saturated rings. The molecular weight excluding hydrogens is 547 g/mol. The molecule has 0 aromatic rings. The van der Waals surface area contributed by atoms with Crippen LogP contribution in [0.1, 0.15) is 132 Å². The smallest absolute Gasteiger partial charge is 0.393 e. The Bertz CT molecular complexity index is 918. The quantitative estimate of drug-likeness (QED) is 0.159. The summed E-state index contributed by atoms with van der Waals surface area (Å²) >= 11 is 0. The molecule has 0 radical (unpaired) electrons. The third-order valence-corrected chi connectivity index (χ3v) is 13.7. The molecule has 1 unspecified atom stereocenters. The van der Waals surface area contributed by atoms with Crippen LogP contribution in [0.2, 0.25) is 0 Å². The van der Waals surface area contributed by atoms with E-state index in [0.29, 0.717) is 42.6 Å². The Balaban J connectivity index is 1.47. The van der Waals surface area contributed by atoms with Crippen molar-refractivity contribution >= 4 is 7.82 Å². The van der Waals surface area contributed by atoms with E-state index in [1.165, 1.54) is 44.9 Å². The first-order chi connectivity index (χ1) is 19.6. The number of rotatable bonds is 13. The van der Waals surface area contributed by atoms with Crippen molar-refractivity contribution in [1.82, 2.24) is 0 Å². The van der Waals surface area contributed by atoms with Gasteiger partial charge in [-0.1, -0.05) is 74.7 Å². The Kier molecular flexibility index (Phi) is 11.5. The largest absolute Gasteiger partial charge is 0.472 e. The molecule has 0 bridgehead atoms. The molecule has 4 aliphatic rings. The average molecular weight is 613 g/mol. The van der Waals surface area contributed by atoms with Gasteiger partial charge in [0.2, 0.25) is 0 Å². The van der Waals surface area contributed by atoms with Crippen LogP contribution in [0.15, 0.2) is 0 Å². The van der Waals surface area contributed by atoms with Crippen molar-refractivity contribution in [2.75, 3.05) is 19.8 Å². The lowest BCUT2D eigenvalue weighted by Gasteiger charge is -2.63. The predicted molar refractivity (Wildman–Crippen MR) is 170 cm³/mol. The zero-order valence-corrected chi connectivity index (χ0v) is 29.2. The predicted octanol–water partition coefficient (Wildman–Crippen LogP) is 9.03. The van der Waals surface area contributed by atoms with E-state index in [0.717, 1.165) is 37.5 Å². The van der Waals surface area contributed by atoms with Crippen LogP contribution in [-0.2, 0) is 18.3 Å². The van der Waals surface area contributed by atoms with E-state index in [-0.39, 0.29) is 41.7 Å². The molecule has 0 saturated heterocycles. The number of aliphatic hydroxyl groups excluding tert-OH is 1. The summed E-state index contributed by atoms with van der Waals surface area (Å²) < 4.78 is 30.0. The zero-order chi connectivity index (χ0) is 30.9. The van der Waals surface area contributed by atoms with Crippen LogP contribution in [0.5, 0.6) is 0 Å². The van der Waals surface area contributed by atoms with Crippen LogP contribution >= 0.6 is 7.82 Å². The van der Waals surface area contributed by atoms with E-state index in [1.54, 1.807) is 0 Å². The molecule has 42 heavy (non-hydrogen) atoms. The number of phosphoric ester groups is 1. The summed E-state index contributed by atoms with van der Waals surface area (Å²) in [6.07, 6.45) is 13.7. The zero-order valence-electron chi connectivity index (χ0n) is 28.3. The maximum absolute atomic E-state index is 12.5. The first-order valence-corrected chi connectivity index (χ1v) is 19.0. The molecule has 2 N–H and O–H groups in total. The topological polar surface area (TPSA) is 85.2 Å². The molecule has 246 valence electrons. The highest BCUT2D eigenvalue weighted by atomic mass is 31.2. The number of ether oxygens (including phenoxy) is 1. The summed E-state index contributed by atoms with van der Waals surface area (Å²) in [6.45, 7) is 19.0. The Hall–Kier alpha value is 0.0300. The monoisotopic (exact) mass is 612 g/mol. The minimum Gasteiger partial charge on any atom is -0.393 e. The van der Waals surface area contributed by atoms with Gasteiger partial charge in [0, 0.05) is 0 Å². The number of aliphatic hydroxyl groups is 1. The summed E-state index contributed by atoms with van der Waals surface area (Å²) in [6, 6.07) is 0. The first-order valence-electron chi connectivity index (χ1n) is 17.5. The minimum atomic E-state index is -4.10. The molecule has 0 aromatic carbocycles. The third kappa shape index (κ3) is 7.87. The van der Waals surface area contributed by atoms with Gasteiger partial charge in [-0.2, -0.15) is 0 Å². The van der Waals surface area contributed by atoms with E-state index in [9.17, 15) is 14.6 Å². The Morgan fingerprint density at radius 3 is 2.31 bits per heavy atom. The molecule has 6 nitrogen and oxygen atoms in total. The van der Waals surface area contributed by atoms with Crippen LogP contribution in [-0.4, -0.2) is 42.0 Å². The molecule has 0 aliphatic heterocycles. The van der Waals surface area contributed by atoms with Crippen molar-refractivity contribution < 1.29 is 28.3 Å². The van der Waals surface area contributed by atoms with Gasteiger partial charge in [-0.15, -0.1) is 0 Å². The van der Waals surface area contributed by atoms with Crippen molar-refractivity contribution in [3.8, 4) is 0 Å². The second kappa shape index (κ2) is 13.8. The summed E-state index contributed by atoms with van der Waals surface area (Å²) in [5.41, 5.74) is 0.412. The number of fused-ring (bicyclic) bond motifs is 5. The van der Waals surface area contributed by atoms with Crippen molar-refractivity contribution in [2.45, 2.75) is 145 Å². The van der Waals surface area contributed by atoms with Gasteiger partial charge in [0.25, 0.3) is 0 Å². The van der Waals surface area contributed by atoms with Gasteiger partial charge in [0.1, 0.15) is 0 Å². The van der Waals surface area contributed by atoms with E-state index in [4.69, 9.17) is 13.8 Å². The van der Waals surface area contributed by atoms with Gasteiger partial charge >= 0.3 is 7.82 Å². The van der Waals surface area contributed by atoms with Crippen LogP contribution in [0.3, 0.4) is 0 Å². The summed E-state index contributed by atoms with van der Waals surface area (Å²) in [5.74, 6) is 4.69. The first kappa shape index (κ1) is 34.9. The van der Waals surface area contributed by atoms with Crippen molar-refractivity contribution in [3.05, 3.63) is 0 Å². The van der Waals surface area contributed by atoms with E-state index < -0.39 is 7.82 Å². The second-order valence-electron chi connectivity index (χ2n) is 17.0. The Morgan fingerprint density at radius 1 is 0.905 bits per heavy atom. The lowest BCUT2D eigenvalue weighted by atomic mass is 9.43. The van der Waals surface area contributed by atoms with Gasteiger partial charge in [-0.25, -0.2) is 4.57 Å². The molecule has 0 heterocycles. The summed E-state index contributed by atoms with van der Waals surface area (Å²) in [5, 5.41) is 10.5. The third-order valence-electron chi connectivity index (χ3n) is 12.7. The molecule has 4 saturated carbocycles. The number of hydrogen-bond donors (Lipinski definition) is 2. The SMILES string of the molecule is CC(C)CCC[C@@H](C)[C@H]1CC[C@H]2[C@@H]3CC[C@@H]4C[C@H](O)CC[C@]4(C)[C@H]3C[C@H](OCCOP(=O)(O)OCCC(C)(C)C)[C@]12C. The van der Waals surface area contributed by atoms with Crippen LogP contribution in [0.4, 0.5) is 0 Å². The fourth-order valence-corrected chi connectivity index (χ4v) is 11.0. The second-order valence-corrected chi connectivity index (χ2v) is 18.4. The Morgan fingerprint density at radius 2 is 1.62 bits per heavy atom. The van der Waals surface area contributed by atoms with Crippen molar-refractivity contribution in [2.24, 2.45) is 57.7 Å².